The number of hydrogen-bond donors (Lipinski definition) is 1. The van der Waals surface area contributed by atoms with Crippen LogP contribution in [0, 0.1) is 11.3 Å². The molecular formula is C16H17ClN2O. The zero-order chi connectivity index (χ0) is 14.5. The Bertz CT molecular complexity index is 561. The molecule has 1 saturated carbocycles. The number of hydrogen-bond acceptors (Lipinski definition) is 2. The summed E-state index contributed by atoms with van der Waals surface area (Å²) in [7, 11) is 0. The fourth-order valence-electron chi connectivity index (χ4n) is 2.45. The highest BCUT2D eigenvalue weighted by Crippen LogP contribution is 2.27. The number of carbonyl (C=O) groups is 1. The quantitative estimate of drug-likeness (QED) is 0.677. The van der Waals surface area contributed by atoms with Crippen LogP contribution < -0.4 is 5.32 Å². The second-order valence-electron chi connectivity index (χ2n) is 5.04. The van der Waals surface area contributed by atoms with Crippen LogP contribution in [0.25, 0.3) is 0 Å². The third-order valence-corrected chi connectivity index (χ3v) is 3.87. The van der Waals surface area contributed by atoms with Gasteiger partial charge in [-0.2, -0.15) is 5.26 Å². The summed E-state index contributed by atoms with van der Waals surface area (Å²) in [6.45, 7) is 1.90. The fraction of sp³-hybridized carbons (Fsp3) is 0.375. The van der Waals surface area contributed by atoms with Gasteiger partial charge in [0.2, 0.25) is 0 Å². The number of allylic oxidation sites excluding steroid dienone is 1. The number of carbonyl (C=O) groups excluding carboxylic acids is 1. The van der Waals surface area contributed by atoms with Crippen molar-refractivity contribution in [2.45, 2.75) is 38.6 Å². The maximum absolute atomic E-state index is 12.2. The lowest BCUT2D eigenvalue weighted by atomic mass is 10.1. The standard InChI is InChI=1S/C16H17ClN2O/c1-11(12-6-8-14(17)9-7-12)19-16(20)15(10-18)13-4-2-3-5-13/h6-9,11H,2-5H2,1H3,(H,19,20). The van der Waals surface area contributed by atoms with Crippen LogP contribution in [0.15, 0.2) is 35.4 Å². The topological polar surface area (TPSA) is 52.9 Å². The van der Waals surface area contributed by atoms with E-state index >= 15 is 0 Å². The van der Waals surface area contributed by atoms with Crippen molar-refractivity contribution in [3.05, 3.63) is 46.0 Å². The number of benzene rings is 1. The molecule has 1 aliphatic rings. The van der Waals surface area contributed by atoms with Crippen LogP contribution >= 0.6 is 11.6 Å². The van der Waals surface area contributed by atoms with Gasteiger partial charge in [0, 0.05) is 5.02 Å². The number of nitrogens with zero attached hydrogens (tertiary/aromatic N) is 1. The molecule has 4 heteroatoms. The molecule has 0 heterocycles. The Hall–Kier alpha value is -1.79. The zero-order valence-electron chi connectivity index (χ0n) is 11.4. The van der Waals surface area contributed by atoms with Gasteiger partial charge in [0.15, 0.2) is 0 Å². The molecule has 2 rings (SSSR count). The van der Waals surface area contributed by atoms with E-state index in [1.165, 1.54) is 0 Å². The molecule has 1 N–H and O–H groups in total. The molecule has 1 aliphatic carbocycles. The van der Waals surface area contributed by atoms with Crippen molar-refractivity contribution < 1.29 is 4.79 Å². The zero-order valence-corrected chi connectivity index (χ0v) is 12.2. The Morgan fingerprint density at radius 2 is 1.90 bits per heavy atom. The first-order valence-corrected chi connectivity index (χ1v) is 7.18. The molecule has 1 amide bonds. The van der Waals surface area contributed by atoms with Crippen LogP contribution in [0.5, 0.6) is 0 Å². The predicted octanol–water partition coefficient (Wildman–Crippen LogP) is 3.91. The van der Waals surface area contributed by atoms with Crippen LogP contribution in [0.1, 0.15) is 44.2 Å². The Balaban J connectivity index is 2.09. The lowest BCUT2D eigenvalue weighted by Gasteiger charge is -2.14. The summed E-state index contributed by atoms with van der Waals surface area (Å²) in [5.41, 5.74) is 2.26. The number of halogens is 1. The van der Waals surface area contributed by atoms with Crippen molar-refractivity contribution in [2.24, 2.45) is 0 Å². The molecule has 3 nitrogen and oxygen atoms in total. The minimum Gasteiger partial charge on any atom is -0.345 e. The van der Waals surface area contributed by atoms with Crippen LogP contribution in [0.4, 0.5) is 0 Å². The maximum Gasteiger partial charge on any atom is 0.262 e. The Labute approximate surface area is 124 Å². The van der Waals surface area contributed by atoms with Gasteiger partial charge in [0.1, 0.15) is 11.6 Å². The fourth-order valence-corrected chi connectivity index (χ4v) is 2.57. The number of amides is 1. The number of nitrogens with one attached hydrogen (secondary N) is 1. The summed E-state index contributed by atoms with van der Waals surface area (Å²) in [4.78, 5) is 12.2. The van der Waals surface area contributed by atoms with E-state index < -0.39 is 0 Å². The SMILES string of the molecule is CC(NC(=O)C(C#N)=C1CCCC1)c1ccc(Cl)cc1. The van der Waals surface area contributed by atoms with Crippen molar-refractivity contribution in [1.29, 1.82) is 5.26 Å². The van der Waals surface area contributed by atoms with Gasteiger partial charge < -0.3 is 5.32 Å². The Morgan fingerprint density at radius 1 is 1.30 bits per heavy atom. The van der Waals surface area contributed by atoms with E-state index in [1.54, 1.807) is 12.1 Å². The molecule has 0 spiro atoms. The average molecular weight is 289 g/mol. The second-order valence-corrected chi connectivity index (χ2v) is 5.48. The van der Waals surface area contributed by atoms with Crippen molar-refractivity contribution in [3.8, 4) is 6.07 Å². The first kappa shape index (κ1) is 14.6. The third-order valence-electron chi connectivity index (χ3n) is 3.62. The molecule has 1 unspecified atom stereocenters. The highest BCUT2D eigenvalue weighted by Gasteiger charge is 2.20. The molecule has 0 radical (unpaired) electrons. The van der Waals surface area contributed by atoms with Crippen molar-refractivity contribution in [1.82, 2.24) is 5.32 Å². The minimum atomic E-state index is -0.271. The van der Waals surface area contributed by atoms with Crippen LogP contribution in [0.2, 0.25) is 5.02 Å². The van der Waals surface area contributed by atoms with Gasteiger partial charge >= 0.3 is 0 Å². The molecule has 0 bridgehead atoms. The highest BCUT2D eigenvalue weighted by molar-refractivity contribution is 6.30. The average Bonchev–Trinajstić information content (AvgIpc) is 2.94. The molecule has 20 heavy (non-hydrogen) atoms. The first-order valence-electron chi connectivity index (χ1n) is 6.80. The van der Waals surface area contributed by atoms with E-state index in [-0.39, 0.29) is 11.9 Å². The summed E-state index contributed by atoms with van der Waals surface area (Å²) in [6, 6.07) is 9.25. The molecular weight excluding hydrogens is 272 g/mol. The molecule has 0 saturated heterocycles. The summed E-state index contributed by atoms with van der Waals surface area (Å²) >= 11 is 5.84. The smallest absolute Gasteiger partial charge is 0.262 e. The van der Waals surface area contributed by atoms with Gasteiger partial charge in [-0.1, -0.05) is 23.7 Å². The highest BCUT2D eigenvalue weighted by atomic mass is 35.5. The predicted molar refractivity (Wildman–Crippen MR) is 79.1 cm³/mol. The molecule has 0 aromatic heterocycles. The monoisotopic (exact) mass is 288 g/mol. The molecule has 1 fully saturated rings. The normalized spacial score (nSPS) is 15.6. The second kappa shape index (κ2) is 6.58. The van der Waals surface area contributed by atoms with Gasteiger partial charge in [-0.3, -0.25) is 4.79 Å². The van der Waals surface area contributed by atoms with Crippen LogP contribution in [-0.4, -0.2) is 5.91 Å². The van der Waals surface area contributed by atoms with Crippen LogP contribution in [0.3, 0.4) is 0 Å². The van der Waals surface area contributed by atoms with Crippen molar-refractivity contribution >= 4 is 17.5 Å². The van der Waals surface area contributed by atoms with E-state index in [2.05, 4.69) is 11.4 Å². The first-order chi connectivity index (χ1) is 9.61. The molecule has 104 valence electrons. The summed E-state index contributed by atoms with van der Waals surface area (Å²) in [5, 5.41) is 12.7. The number of nitriles is 1. The van der Waals surface area contributed by atoms with Crippen LogP contribution in [-0.2, 0) is 4.79 Å². The van der Waals surface area contributed by atoms with Crippen molar-refractivity contribution in [3.63, 3.8) is 0 Å². The van der Waals surface area contributed by atoms with Gasteiger partial charge in [-0.25, -0.2) is 0 Å². The van der Waals surface area contributed by atoms with E-state index in [9.17, 15) is 10.1 Å². The maximum atomic E-state index is 12.2. The Kier molecular flexibility index (Phi) is 4.81. The van der Waals surface area contributed by atoms with Gasteiger partial charge in [0.05, 0.1) is 6.04 Å². The van der Waals surface area contributed by atoms with Gasteiger partial charge in [0.25, 0.3) is 5.91 Å². The Morgan fingerprint density at radius 3 is 2.45 bits per heavy atom. The van der Waals surface area contributed by atoms with Gasteiger partial charge in [-0.05, 0) is 55.9 Å². The summed E-state index contributed by atoms with van der Waals surface area (Å²) in [5.74, 6) is -0.271. The largest absolute Gasteiger partial charge is 0.345 e. The van der Waals surface area contributed by atoms with E-state index in [4.69, 9.17) is 11.6 Å². The summed E-state index contributed by atoms with van der Waals surface area (Å²) < 4.78 is 0. The molecule has 1 aromatic rings. The molecule has 0 aliphatic heterocycles. The minimum absolute atomic E-state index is 0.148. The third kappa shape index (κ3) is 3.40. The van der Waals surface area contributed by atoms with E-state index in [1.807, 2.05) is 19.1 Å². The molecule has 1 aromatic carbocycles. The van der Waals surface area contributed by atoms with Gasteiger partial charge in [-0.15, -0.1) is 0 Å². The van der Waals surface area contributed by atoms with E-state index in [0.717, 1.165) is 36.8 Å². The molecule has 1 atom stereocenters. The lowest BCUT2D eigenvalue weighted by molar-refractivity contribution is -0.117. The lowest BCUT2D eigenvalue weighted by Crippen LogP contribution is -2.28. The number of rotatable bonds is 3. The van der Waals surface area contributed by atoms with Crippen molar-refractivity contribution in [2.75, 3.05) is 0 Å². The summed E-state index contributed by atoms with van der Waals surface area (Å²) in [6.07, 6.45) is 3.87. The van der Waals surface area contributed by atoms with E-state index in [0.29, 0.717) is 10.6 Å².